The van der Waals surface area contributed by atoms with Gasteiger partial charge in [-0.25, -0.2) is 4.98 Å². The van der Waals surface area contributed by atoms with E-state index in [1.807, 2.05) is 6.92 Å². The molecule has 0 aliphatic heterocycles. The van der Waals surface area contributed by atoms with E-state index in [1.165, 1.54) is 0 Å². The lowest BCUT2D eigenvalue weighted by atomic mass is 10.3. The summed E-state index contributed by atoms with van der Waals surface area (Å²) in [4.78, 5) is 15.6. The summed E-state index contributed by atoms with van der Waals surface area (Å²) >= 11 is 5.88. The Kier molecular flexibility index (Phi) is 4.15. The zero-order valence-corrected chi connectivity index (χ0v) is 9.89. The van der Waals surface area contributed by atoms with Crippen molar-refractivity contribution < 1.29 is 9.21 Å². The van der Waals surface area contributed by atoms with Crippen LogP contribution >= 0.6 is 11.6 Å². The van der Waals surface area contributed by atoms with E-state index in [2.05, 4.69) is 10.3 Å². The molecule has 1 amide bonds. The molecule has 0 aliphatic rings. The summed E-state index contributed by atoms with van der Waals surface area (Å²) in [5.41, 5.74) is 0.604. The van der Waals surface area contributed by atoms with E-state index in [9.17, 15) is 4.79 Å². The number of amides is 1. The van der Waals surface area contributed by atoms with Crippen LogP contribution in [0.25, 0.3) is 0 Å². The van der Waals surface area contributed by atoms with Gasteiger partial charge in [-0.1, -0.05) is 6.92 Å². The Balaban J connectivity index is 2.58. The topological polar surface area (TPSA) is 55.1 Å². The van der Waals surface area contributed by atoms with Gasteiger partial charge in [0, 0.05) is 13.5 Å². The van der Waals surface area contributed by atoms with Crippen LogP contribution in [-0.4, -0.2) is 22.8 Å². The van der Waals surface area contributed by atoms with Crippen LogP contribution in [0.3, 0.4) is 0 Å². The molecule has 0 fully saturated rings. The van der Waals surface area contributed by atoms with E-state index in [0.29, 0.717) is 18.1 Å². The number of alkyl halides is 1. The molecule has 0 bridgehead atoms. The molecule has 1 heterocycles. The quantitative estimate of drug-likeness (QED) is 0.806. The summed E-state index contributed by atoms with van der Waals surface area (Å²) in [6.45, 7) is 5.85. The molecular formula is C10H15ClN2O2. The zero-order valence-electron chi connectivity index (χ0n) is 9.13. The van der Waals surface area contributed by atoms with Gasteiger partial charge >= 0.3 is 0 Å². The maximum absolute atomic E-state index is 11.6. The number of nitrogens with one attached hydrogen (secondary N) is 1. The highest BCUT2D eigenvalue weighted by molar-refractivity contribution is 6.20. The van der Waals surface area contributed by atoms with Crippen molar-refractivity contribution in [1.29, 1.82) is 0 Å². The van der Waals surface area contributed by atoms with Crippen LogP contribution < -0.4 is 5.32 Å². The number of aromatic nitrogens is 1. The predicted octanol–water partition coefficient (Wildman–Crippen LogP) is 2.04. The minimum Gasteiger partial charge on any atom is -0.436 e. The van der Waals surface area contributed by atoms with Crippen molar-refractivity contribution in [1.82, 2.24) is 10.3 Å². The highest BCUT2D eigenvalue weighted by Gasteiger charge is 2.16. The first-order valence-electron chi connectivity index (χ1n) is 4.90. The highest BCUT2D eigenvalue weighted by atomic mass is 35.5. The Labute approximate surface area is 94.0 Å². The number of hydrogen-bond acceptors (Lipinski definition) is 3. The van der Waals surface area contributed by atoms with Crippen LogP contribution in [0.5, 0.6) is 0 Å². The Bertz CT molecular complexity index is 349. The summed E-state index contributed by atoms with van der Waals surface area (Å²) in [5, 5.41) is 2.66. The first-order chi connectivity index (χ1) is 7.04. The molecule has 1 unspecified atom stereocenters. The van der Waals surface area contributed by atoms with Crippen LogP contribution in [0.4, 0.5) is 0 Å². The number of halogens is 1. The molecule has 0 aliphatic carbocycles. The van der Waals surface area contributed by atoms with Gasteiger partial charge in [0.25, 0.3) is 5.91 Å². The molecule has 0 spiro atoms. The average Bonchev–Trinajstić information content (AvgIpc) is 2.53. The number of rotatable bonds is 4. The first kappa shape index (κ1) is 12.0. The number of nitrogens with zero attached hydrogens (tertiary/aromatic N) is 1. The van der Waals surface area contributed by atoms with Gasteiger partial charge in [0.1, 0.15) is 0 Å². The highest BCUT2D eigenvalue weighted by Crippen LogP contribution is 2.09. The molecule has 0 saturated heterocycles. The standard InChI is InChI=1S/C10H15ClN2O2/c1-4-8(11)5-12-10(14)9-6(2)13-7(3)15-9/h8H,4-5H2,1-3H3,(H,12,14). The van der Waals surface area contributed by atoms with E-state index >= 15 is 0 Å². The molecule has 1 aromatic rings. The van der Waals surface area contributed by atoms with Crippen molar-refractivity contribution in [2.24, 2.45) is 0 Å². The Morgan fingerprint density at radius 3 is 2.73 bits per heavy atom. The van der Waals surface area contributed by atoms with Gasteiger partial charge in [-0.05, 0) is 13.3 Å². The fourth-order valence-electron chi connectivity index (χ4n) is 1.17. The summed E-state index contributed by atoms with van der Waals surface area (Å²) in [6.07, 6.45) is 0.816. The Morgan fingerprint density at radius 1 is 1.60 bits per heavy atom. The second-order valence-electron chi connectivity index (χ2n) is 3.36. The summed E-state index contributed by atoms with van der Waals surface area (Å²) in [6, 6.07) is 0. The molecule has 84 valence electrons. The monoisotopic (exact) mass is 230 g/mol. The maximum atomic E-state index is 11.6. The summed E-state index contributed by atoms with van der Waals surface area (Å²) in [5.74, 6) is 0.509. The number of aryl methyl sites for hydroxylation is 2. The molecule has 1 N–H and O–H groups in total. The molecule has 0 aromatic carbocycles. The molecule has 1 atom stereocenters. The zero-order chi connectivity index (χ0) is 11.4. The van der Waals surface area contributed by atoms with E-state index < -0.39 is 0 Å². The fraction of sp³-hybridized carbons (Fsp3) is 0.600. The predicted molar refractivity (Wildman–Crippen MR) is 58.2 cm³/mol. The van der Waals surface area contributed by atoms with Gasteiger partial charge < -0.3 is 9.73 Å². The SMILES string of the molecule is CCC(Cl)CNC(=O)c1oc(C)nc1C. The van der Waals surface area contributed by atoms with Crippen LogP contribution in [0.1, 0.15) is 35.5 Å². The van der Waals surface area contributed by atoms with E-state index in [1.54, 1.807) is 13.8 Å². The van der Waals surface area contributed by atoms with Crippen molar-refractivity contribution in [2.45, 2.75) is 32.6 Å². The van der Waals surface area contributed by atoms with Crippen LogP contribution in [0, 0.1) is 13.8 Å². The normalized spacial score (nSPS) is 12.5. The lowest BCUT2D eigenvalue weighted by Crippen LogP contribution is -2.29. The average molecular weight is 231 g/mol. The number of hydrogen-bond donors (Lipinski definition) is 1. The van der Waals surface area contributed by atoms with Gasteiger partial charge in [0.05, 0.1) is 11.1 Å². The van der Waals surface area contributed by atoms with Crippen molar-refractivity contribution in [3.63, 3.8) is 0 Å². The van der Waals surface area contributed by atoms with Crippen molar-refractivity contribution in [2.75, 3.05) is 6.54 Å². The van der Waals surface area contributed by atoms with Gasteiger partial charge in [-0.15, -0.1) is 11.6 Å². The molecule has 4 nitrogen and oxygen atoms in total. The van der Waals surface area contributed by atoms with Gasteiger partial charge in [-0.2, -0.15) is 0 Å². The molecule has 0 radical (unpaired) electrons. The number of carbonyl (C=O) groups excluding carboxylic acids is 1. The van der Waals surface area contributed by atoms with Crippen molar-refractivity contribution in [3.8, 4) is 0 Å². The van der Waals surface area contributed by atoms with E-state index in [-0.39, 0.29) is 17.0 Å². The molecule has 0 saturated carbocycles. The van der Waals surface area contributed by atoms with Crippen LogP contribution in [0.2, 0.25) is 0 Å². The third-order valence-electron chi connectivity index (χ3n) is 2.04. The van der Waals surface area contributed by atoms with Gasteiger partial charge in [-0.3, -0.25) is 4.79 Å². The van der Waals surface area contributed by atoms with Gasteiger partial charge in [0.2, 0.25) is 5.76 Å². The Hall–Kier alpha value is -1.03. The lowest BCUT2D eigenvalue weighted by molar-refractivity contribution is 0.0923. The minimum absolute atomic E-state index is 0.0433. The maximum Gasteiger partial charge on any atom is 0.289 e. The Morgan fingerprint density at radius 2 is 2.27 bits per heavy atom. The van der Waals surface area contributed by atoms with Crippen molar-refractivity contribution in [3.05, 3.63) is 17.3 Å². The first-order valence-corrected chi connectivity index (χ1v) is 5.34. The van der Waals surface area contributed by atoms with Crippen molar-refractivity contribution >= 4 is 17.5 Å². The van der Waals surface area contributed by atoms with Crippen LogP contribution in [0.15, 0.2) is 4.42 Å². The molecule has 5 heteroatoms. The van der Waals surface area contributed by atoms with E-state index in [4.69, 9.17) is 16.0 Å². The van der Waals surface area contributed by atoms with Gasteiger partial charge in [0.15, 0.2) is 5.89 Å². The lowest BCUT2D eigenvalue weighted by Gasteiger charge is -2.06. The number of oxazole rings is 1. The second kappa shape index (κ2) is 5.16. The third kappa shape index (κ3) is 3.23. The molecule has 15 heavy (non-hydrogen) atoms. The summed E-state index contributed by atoms with van der Waals surface area (Å²) < 4.78 is 5.18. The minimum atomic E-state index is -0.257. The van der Waals surface area contributed by atoms with E-state index in [0.717, 1.165) is 6.42 Å². The smallest absolute Gasteiger partial charge is 0.289 e. The molecular weight excluding hydrogens is 216 g/mol. The largest absolute Gasteiger partial charge is 0.436 e. The fourth-order valence-corrected chi connectivity index (χ4v) is 1.25. The van der Waals surface area contributed by atoms with Crippen LogP contribution in [-0.2, 0) is 0 Å². The number of carbonyl (C=O) groups is 1. The second-order valence-corrected chi connectivity index (χ2v) is 3.98. The summed E-state index contributed by atoms with van der Waals surface area (Å²) in [7, 11) is 0. The third-order valence-corrected chi connectivity index (χ3v) is 2.50. The molecule has 1 rings (SSSR count). The molecule has 1 aromatic heterocycles.